The van der Waals surface area contributed by atoms with Crippen molar-refractivity contribution in [2.24, 2.45) is 0 Å². The number of hydrogen-bond donors (Lipinski definition) is 0. The van der Waals surface area contributed by atoms with E-state index in [2.05, 4.69) is 219 Å². The highest BCUT2D eigenvalue weighted by Gasteiger charge is 2.61. The van der Waals surface area contributed by atoms with Gasteiger partial charge in [-0.15, -0.1) is 22.7 Å². The van der Waals surface area contributed by atoms with Gasteiger partial charge in [-0.05, 0) is 136 Å². The highest BCUT2D eigenvalue weighted by molar-refractivity contribution is 7.26. The molecule has 2 unspecified atom stereocenters. The summed E-state index contributed by atoms with van der Waals surface area (Å²) in [4.78, 5) is 6.95. The smallest absolute Gasteiger partial charge is 0.252 e. The van der Waals surface area contributed by atoms with Crippen LogP contribution in [0.25, 0.3) is 57.1 Å². The van der Waals surface area contributed by atoms with E-state index in [4.69, 9.17) is 0 Å². The lowest BCUT2D eigenvalue weighted by atomic mass is 9.33. The van der Waals surface area contributed by atoms with E-state index in [9.17, 15) is 0 Å². The van der Waals surface area contributed by atoms with E-state index in [-0.39, 0.29) is 33.9 Å². The van der Waals surface area contributed by atoms with Crippen molar-refractivity contribution in [3.8, 4) is 5.69 Å². The Morgan fingerprint density at radius 2 is 1.20 bits per heavy atom. The summed E-state index contributed by atoms with van der Waals surface area (Å²) >= 11 is 3.88. The van der Waals surface area contributed by atoms with E-state index >= 15 is 0 Å². The van der Waals surface area contributed by atoms with Crippen LogP contribution in [0.15, 0.2) is 121 Å². The van der Waals surface area contributed by atoms with Crippen LogP contribution in [0.2, 0.25) is 0 Å². The Morgan fingerprint density at radius 3 is 1.92 bits per heavy atom. The summed E-state index contributed by atoms with van der Waals surface area (Å²) in [5.74, 6) is 0. The summed E-state index contributed by atoms with van der Waals surface area (Å²) in [6, 6.07) is 48.3. The largest absolute Gasteiger partial charge is 0.335 e. The molecule has 1 fully saturated rings. The summed E-state index contributed by atoms with van der Waals surface area (Å²) < 4.78 is 6.74. The number of anilines is 5. The number of fused-ring (bicyclic) bond motifs is 15. The number of aromatic nitrogens is 1. The van der Waals surface area contributed by atoms with Crippen molar-refractivity contribution >= 4 is 126 Å². The maximum atomic E-state index is 2.94. The summed E-state index contributed by atoms with van der Waals surface area (Å²) in [5, 5.41) is 6.78. The number of benzene rings is 7. The maximum Gasteiger partial charge on any atom is 0.252 e. The third-order valence-corrected chi connectivity index (χ3v) is 20.4. The van der Waals surface area contributed by atoms with Gasteiger partial charge in [0.05, 0.1) is 22.4 Å². The highest BCUT2D eigenvalue weighted by atomic mass is 32.1. The van der Waals surface area contributed by atoms with Crippen molar-refractivity contribution in [2.45, 2.75) is 136 Å². The van der Waals surface area contributed by atoms with Crippen LogP contribution in [0, 0.1) is 6.92 Å². The molecule has 3 aliphatic heterocycles. The molecule has 0 amide bonds. The van der Waals surface area contributed by atoms with Gasteiger partial charge in [-0.25, -0.2) is 0 Å². The monoisotopic (exact) mass is 961 g/mol. The van der Waals surface area contributed by atoms with Crippen molar-refractivity contribution < 1.29 is 0 Å². The van der Waals surface area contributed by atoms with Gasteiger partial charge in [-0.3, -0.25) is 0 Å². The Bertz CT molecular complexity index is 3970. The molecule has 0 radical (unpaired) electrons. The first-order valence-corrected chi connectivity index (χ1v) is 27.9. The third kappa shape index (κ3) is 5.78. The molecule has 1 aliphatic carbocycles. The maximum absolute atomic E-state index is 2.94. The number of aryl methyl sites for hydroxylation is 1. The number of rotatable bonds is 3. The molecule has 6 heterocycles. The minimum Gasteiger partial charge on any atom is -0.335 e. The second kappa shape index (κ2) is 14.2. The standard InChI is InChI=1S/C65H64BN3S2/c1-37-30-38(61(2,3)4)26-27-48(37)67(49-22-19-25-54-56(49)43-21-14-15-23-52(43)70-54)41-35-50-57-51(36-41)69-59-45(64(11)28-17-18-29-65(64,69)12)32-40(63(8,9)10)34-47(59)66(57)46-33-39(62(5,6)7)31-44-55-42-20-13-16-24-53(42)71-60(55)68(50)58(44)46/h13-16,19-27,30-36H,17-18,28-29H2,1-12H3. The third-order valence-electron chi connectivity index (χ3n) is 18.1. The molecule has 0 spiro atoms. The van der Waals surface area contributed by atoms with Gasteiger partial charge in [0, 0.05) is 69.2 Å². The molecule has 3 aromatic heterocycles. The summed E-state index contributed by atoms with van der Waals surface area (Å²) in [6.45, 7) is 29.2. The predicted octanol–water partition coefficient (Wildman–Crippen LogP) is 16.9. The van der Waals surface area contributed by atoms with Crippen LogP contribution >= 0.6 is 22.7 Å². The first-order valence-electron chi connectivity index (χ1n) is 26.3. The summed E-state index contributed by atoms with van der Waals surface area (Å²) in [6.07, 6.45) is 4.84. The molecule has 2 atom stereocenters. The van der Waals surface area contributed by atoms with Crippen molar-refractivity contribution in [1.29, 1.82) is 0 Å². The van der Waals surface area contributed by atoms with Crippen LogP contribution in [0.1, 0.15) is 130 Å². The molecular weight excluding hydrogens is 898 g/mol. The molecule has 0 N–H and O–H groups in total. The second-order valence-corrected chi connectivity index (χ2v) is 27.5. The lowest BCUT2D eigenvalue weighted by Gasteiger charge is -2.52. The molecular formula is C65H64BN3S2. The number of thiophene rings is 2. The van der Waals surface area contributed by atoms with Gasteiger partial charge >= 0.3 is 0 Å². The van der Waals surface area contributed by atoms with E-state index in [0.717, 1.165) is 6.42 Å². The highest BCUT2D eigenvalue weighted by Crippen LogP contribution is 2.63. The molecule has 0 saturated heterocycles. The minimum absolute atomic E-state index is 0.0138. The van der Waals surface area contributed by atoms with Gasteiger partial charge in [-0.2, -0.15) is 0 Å². The predicted molar refractivity (Wildman–Crippen MR) is 312 cm³/mol. The molecule has 10 aromatic rings. The van der Waals surface area contributed by atoms with Crippen LogP contribution in [0.5, 0.6) is 0 Å². The number of nitrogens with zero attached hydrogens (tertiary/aromatic N) is 3. The quantitative estimate of drug-likeness (QED) is 0.164. The zero-order valence-electron chi connectivity index (χ0n) is 43.6. The van der Waals surface area contributed by atoms with Crippen molar-refractivity contribution in [1.82, 2.24) is 4.57 Å². The van der Waals surface area contributed by atoms with Gasteiger partial charge in [0.25, 0.3) is 6.71 Å². The van der Waals surface area contributed by atoms with Crippen LogP contribution in [-0.2, 0) is 21.7 Å². The number of hydrogen-bond acceptors (Lipinski definition) is 4. The average molecular weight is 962 g/mol. The molecule has 71 heavy (non-hydrogen) atoms. The molecule has 3 nitrogen and oxygen atoms in total. The Balaban J connectivity index is 1.18. The molecule has 0 bridgehead atoms. The van der Waals surface area contributed by atoms with Crippen LogP contribution in [0.3, 0.4) is 0 Å². The fourth-order valence-electron chi connectivity index (χ4n) is 14.0. The molecule has 1 saturated carbocycles. The zero-order valence-corrected chi connectivity index (χ0v) is 45.2. The minimum atomic E-state index is -0.124. The van der Waals surface area contributed by atoms with Crippen LogP contribution in [0.4, 0.5) is 28.4 Å². The van der Waals surface area contributed by atoms with Gasteiger partial charge < -0.3 is 14.4 Å². The van der Waals surface area contributed by atoms with Crippen molar-refractivity contribution in [3.05, 3.63) is 149 Å². The van der Waals surface area contributed by atoms with E-state index in [1.807, 2.05) is 22.7 Å². The van der Waals surface area contributed by atoms with Crippen molar-refractivity contribution in [3.63, 3.8) is 0 Å². The topological polar surface area (TPSA) is 11.4 Å². The fraction of sp³-hybridized carbons (Fsp3) is 0.323. The van der Waals surface area contributed by atoms with E-state index in [1.165, 1.54) is 143 Å². The summed E-state index contributed by atoms with van der Waals surface area (Å²) in [5.41, 5.74) is 20.5. The first-order chi connectivity index (χ1) is 33.8. The van der Waals surface area contributed by atoms with E-state index < -0.39 is 0 Å². The molecule has 6 heteroatoms. The Kier molecular flexibility index (Phi) is 8.81. The van der Waals surface area contributed by atoms with Gasteiger partial charge in [0.1, 0.15) is 4.83 Å². The Morgan fingerprint density at radius 1 is 0.563 bits per heavy atom. The average Bonchev–Trinajstić information content (AvgIpc) is 4.05. The van der Waals surface area contributed by atoms with E-state index in [1.54, 1.807) is 5.56 Å². The van der Waals surface area contributed by atoms with Crippen LogP contribution in [-0.4, -0.2) is 16.8 Å². The van der Waals surface area contributed by atoms with Crippen LogP contribution < -0.4 is 26.2 Å². The SMILES string of the molecule is Cc1cc(C(C)(C)C)ccc1N(c1cc2c3c(c1)-n1c4sc5ccccc5c4c4cc(C(C)(C)C)cc(c41)B3c1cc(C(C)(C)C)cc3c1N2C1(C)CCCCC31C)c1cccc2sc3ccccc3c12. The van der Waals surface area contributed by atoms with Gasteiger partial charge in [0.2, 0.25) is 0 Å². The Hall–Kier alpha value is -5.82. The summed E-state index contributed by atoms with van der Waals surface area (Å²) in [7, 11) is 0. The zero-order chi connectivity index (χ0) is 49.1. The lowest BCUT2D eigenvalue weighted by molar-refractivity contribution is 0.195. The Labute approximate surface area is 428 Å². The molecule has 4 aliphatic rings. The van der Waals surface area contributed by atoms with Gasteiger partial charge in [-0.1, -0.05) is 155 Å². The lowest BCUT2D eigenvalue weighted by Crippen LogP contribution is -2.64. The van der Waals surface area contributed by atoms with E-state index in [0.29, 0.717) is 0 Å². The van der Waals surface area contributed by atoms with Crippen molar-refractivity contribution in [2.75, 3.05) is 9.80 Å². The molecule has 354 valence electrons. The second-order valence-electron chi connectivity index (χ2n) is 25.4. The molecule has 14 rings (SSSR count). The van der Waals surface area contributed by atoms with Gasteiger partial charge in [0.15, 0.2) is 0 Å². The first kappa shape index (κ1) is 43.9. The fourth-order valence-corrected chi connectivity index (χ4v) is 16.4. The normalized spacial score (nSPS) is 19.4. The molecule has 7 aromatic carbocycles.